The van der Waals surface area contributed by atoms with Crippen LogP contribution in [0.25, 0.3) is 0 Å². The van der Waals surface area contributed by atoms with Gasteiger partial charge in [-0.3, -0.25) is 0 Å². The molecular weight excluding hydrogens is 288 g/mol. The summed E-state index contributed by atoms with van der Waals surface area (Å²) in [7, 11) is -3.44. The van der Waals surface area contributed by atoms with Crippen LogP contribution in [0, 0.1) is 6.92 Å². The Morgan fingerprint density at radius 1 is 1.14 bits per heavy atom. The van der Waals surface area contributed by atoms with E-state index in [0.717, 1.165) is 17.5 Å². The van der Waals surface area contributed by atoms with Crippen molar-refractivity contribution in [1.29, 1.82) is 0 Å². The number of aryl methyl sites for hydroxylation is 1. The SMILES string of the molecule is CCCc1oc(CS(=O)(=O)c2ccccc2)c(C)c1CO. The molecule has 1 aromatic carbocycles. The molecule has 0 unspecified atom stereocenters. The minimum Gasteiger partial charge on any atom is -0.464 e. The van der Waals surface area contributed by atoms with Crippen molar-refractivity contribution in [3.05, 3.63) is 53.0 Å². The Labute approximate surface area is 125 Å². The van der Waals surface area contributed by atoms with Crippen molar-refractivity contribution in [2.24, 2.45) is 0 Å². The van der Waals surface area contributed by atoms with Gasteiger partial charge in [-0.05, 0) is 31.0 Å². The normalized spacial score (nSPS) is 11.8. The molecule has 0 fully saturated rings. The zero-order valence-corrected chi connectivity index (χ0v) is 13.1. The monoisotopic (exact) mass is 308 g/mol. The number of rotatable bonds is 6. The highest BCUT2D eigenvalue weighted by Crippen LogP contribution is 2.27. The van der Waals surface area contributed by atoms with Crippen LogP contribution in [-0.4, -0.2) is 13.5 Å². The second-order valence-electron chi connectivity index (χ2n) is 5.03. The van der Waals surface area contributed by atoms with E-state index < -0.39 is 9.84 Å². The second kappa shape index (κ2) is 6.45. The maximum absolute atomic E-state index is 12.4. The van der Waals surface area contributed by atoms with E-state index in [-0.39, 0.29) is 17.3 Å². The lowest BCUT2D eigenvalue weighted by molar-refractivity contribution is 0.277. The summed E-state index contributed by atoms with van der Waals surface area (Å²) in [6, 6.07) is 8.33. The molecule has 0 aliphatic rings. The fourth-order valence-corrected chi connectivity index (χ4v) is 3.68. The van der Waals surface area contributed by atoms with Crippen molar-refractivity contribution < 1.29 is 17.9 Å². The summed E-state index contributed by atoms with van der Waals surface area (Å²) in [4.78, 5) is 0.281. The molecule has 21 heavy (non-hydrogen) atoms. The lowest BCUT2D eigenvalue weighted by Gasteiger charge is -2.03. The summed E-state index contributed by atoms with van der Waals surface area (Å²) in [6.07, 6.45) is 1.58. The minimum atomic E-state index is -3.44. The lowest BCUT2D eigenvalue weighted by Crippen LogP contribution is -2.05. The molecule has 0 saturated heterocycles. The van der Waals surface area contributed by atoms with Gasteiger partial charge >= 0.3 is 0 Å². The molecule has 0 atom stereocenters. The smallest absolute Gasteiger partial charge is 0.185 e. The van der Waals surface area contributed by atoms with E-state index >= 15 is 0 Å². The van der Waals surface area contributed by atoms with Crippen LogP contribution < -0.4 is 0 Å². The number of hydrogen-bond acceptors (Lipinski definition) is 4. The largest absolute Gasteiger partial charge is 0.464 e. The Balaban J connectivity index is 2.36. The van der Waals surface area contributed by atoms with E-state index in [0.29, 0.717) is 17.9 Å². The standard InChI is InChI=1S/C16H20O4S/c1-3-7-15-14(10-17)12(2)16(20-15)11-21(18,19)13-8-5-4-6-9-13/h4-6,8-9,17H,3,7,10-11H2,1-2H3. The molecule has 4 nitrogen and oxygen atoms in total. The number of furan rings is 1. The van der Waals surface area contributed by atoms with Crippen molar-refractivity contribution in [2.75, 3.05) is 0 Å². The molecular formula is C16H20O4S. The molecule has 1 heterocycles. The molecule has 5 heteroatoms. The van der Waals surface area contributed by atoms with Gasteiger partial charge in [-0.2, -0.15) is 0 Å². The van der Waals surface area contributed by atoms with Crippen LogP contribution in [0.2, 0.25) is 0 Å². The first-order chi connectivity index (χ1) is 9.99. The van der Waals surface area contributed by atoms with Gasteiger partial charge in [0.05, 0.1) is 11.5 Å². The highest BCUT2D eigenvalue weighted by molar-refractivity contribution is 7.90. The van der Waals surface area contributed by atoms with Gasteiger partial charge in [-0.15, -0.1) is 0 Å². The third-order valence-corrected chi connectivity index (χ3v) is 5.15. The zero-order valence-electron chi connectivity index (χ0n) is 12.3. The number of hydrogen-bond donors (Lipinski definition) is 1. The average Bonchev–Trinajstić information content (AvgIpc) is 2.75. The predicted octanol–water partition coefficient (Wildman–Crippen LogP) is 3.01. The molecule has 114 valence electrons. The molecule has 0 spiro atoms. The summed E-state index contributed by atoms with van der Waals surface area (Å²) in [5.41, 5.74) is 1.45. The van der Waals surface area contributed by atoms with Crippen LogP contribution in [0.3, 0.4) is 0 Å². The highest BCUT2D eigenvalue weighted by atomic mass is 32.2. The molecule has 0 saturated carbocycles. The van der Waals surface area contributed by atoms with Gasteiger partial charge in [-0.1, -0.05) is 25.1 Å². The van der Waals surface area contributed by atoms with Crippen molar-refractivity contribution >= 4 is 9.84 Å². The van der Waals surface area contributed by atoms with Crippen LogP contribution in [-0.2, 0) is 28.6 Å². The molecule has 1 aromatic heterocycles. The fraction of sp³-hybridized carbons (Fsp3) is 0.375. The van der Waals surface area contributed by atoms with Gasteiger partial charge in [0.15, 0.2) is 9.84 Å². The van der Waals surface area contributed by atoms with E-state index in [1.807, 2.05) is 6.92 Å². The Bertz CT molecular complexity index is 699. The van der Waals surface area contributed by atoms with Crippen molar-refractivity contribution in [3.63, 3.8) is 0 Å². The first-order valence-corrected chi connectivity index (χ1v) is 8.63. The van der Waals surface area contributed by atoms with Crippen LogP contribution in [0.4, 0.5) is 0 Å². The third kappa shape index (κ3) is 3.36. The molecule has 2 aromatic rings. The summed E-state index contributed by atoms with van der Waals surface area (Å²) < 4.78 is 30.5. The topological polar surface area (TPSA) is 67.5 Å². The lowest BCUT2D eigenvalue weighted by atomic mass is 10.1. The Kier molecular flexibility index (Phi) is 4.85. The van der Waals surface area contributed by atoms with Gasteiger partial charge < -0.3 is 9.52 Å². The first kappa shape index (κ1) is 15.8. The third-order valence-electron chi connectivity index (χ3n) is 3.51. The maximum Gasteiger partial charge on any atom is 0.185 e. The summed E-state index contributed by atoms with van der Waals surface area (Å²) >= 11 is 0. The van der Waals surface area contributed by atoms with E-state index in [1.165, 1.54) is 0 Å². The average molecular weight is 308 g/mol. The number of aliphatic hydroxyl groups is 1. The molecule has 0 aliphatic heterocycles. The van der Waals surface area contributed by atoms with Gasteiger partial charge in [0.2, 0.25) is 0 Å². The van der Waals surface area contributed by atoms with Crippen LogP contribution >= 0.6 is 0 Å². The Morgan fingerprint density at radius 2 is 1.81 bits per heavy atom. The van der Waals surface area contributed by atoms with E-state index in [9.17, 15) is 13.5 Å². The molecule has 0 amide bonds. The van der Waals surface area contributed by atoms with E-state index in [1.54, 1.807) is 37.3 Å². The van der Waals surface area contributed by atoms with E-state index in [4.69, 9.17) is 4.42 Å². The molecule has 0 bridgehead atoms. The zero-order chi connectivity index (χ0) is 15.5. The maximum atomic E-state index is 12.4. The van der Waals surface area contributed by atoms with Crippen molar-refractivity contribution in [3.8, 4) is 0 Å². The molecule has 0 radical (unpaired) electrons. The second-order valence-corrected chi connectivity index (χ2v) is 7.02. The van der Waals surface area contributed by atoms with Crippen LogP contribution in [0.15, 0.2) is 39.6 Å². The van der Waals surface area contributed by atoms with Gasteiger partial charge in [0, 0.05) is 12.0 Å². The van der Waals surface area contributed by atoms with Crippen LogP contribution in [0.5, 0.6) is 0 Å². The fourth-order valence-electron chi connectivity index (χ4n) is 2.32. The Morgan fingerprint density at radius 3 is 2.38 bits per heavy atom. The van der Waals surface area contributed by atoms with Crippen molar-refractivity contribution in [2.45, 2.75) is 43.9 Å². The molecule has 1 N–H and O–H groups in total. The number of benzene rings is 1. The summed E-state index contributed by atoms with van der Waals surface area (Å²) in [6.45, 7) is 3.68. The number of sulfone groups is 1. The van der Waals surface area contributed by atoms with E-state index in [2.05, 4.69) is 0 Å². The molecule has 2 rings (SSSR count). The summed E-state index contributed by atoms with van der Waals surface area (Å²) in [5.74, 6) is 0.932. The van der Waals surface area contributed by atoms with Gasteiger partial charge in [-0.25, -0.2) is 8.42 Å². The quantitative estimate of drug-likeness (QED) is 0.890. The van der Waals surface area contributed by atoms with Crippen LogP contribution in [0.1, 0.15) is 36.0 Å². The Hall–Kier alpha value is -1.59. The van der Waals surface area contributed by atoms with Gasteiger partial charge in [0.1, 0.15) is 17.3 Å². The molecule has 0 aliphatic carbocycles. The van der Waals surface area contributed by atoms with Gasteiger partial charge in [0.25, 0.3) is 0 Å². The predicted molar refractivity (Wildman–Crippen MR) is 80.7 cm³/mol. The first-order valence-electron chi connectivity index (χ1n) is 6.98. The minimum absolute atomic E-state index is 0.129. The summed E-state index contributed by atoms with van der Waals surface area (Å²) in [5, 5.41) is 9.45. The number of aliphatic hydroxyl groups excluding tert-OH is 1. The van der Waals surface area contributed by atoms with Crippen molar-refractivity contribution in [1.82, 2.24) is 0 Å². The highest BCUT2D eigenvalue weighted by Gasteiger charge is 2.22.